The van der Waals surface area contributed by atoms with Crippen molar-refractivity contribution in [2.75, 3.05) is 6.26 Å². The van der Waals surface area contributed by atoms with Crippen LogP contribution in [0.3, 0.4) is 0 Å². The maximum absolute atomic E-state index is 12.4. The van der Waals surface area contributed by atoms with Gasteiger partial charge in [0.1, 0.15) is 5.03 Å². The van der Waals surface area contributed by atoms with Gasteiger partial charge in [-0.2, -0.15) is 13.2 Å². The van der Waals surface area contributed by atoms with E-state index in [1.165, 1.54) is 6.26 Å². The zero-order valence-corrected chi connectivity index (χ0v) is 8.59. The van der Waals surface area contributed by atoms with Crippen molar-refractivity contribution in [1.29, 1.82) is 4.78 Å². The molecule has 0 amide bonds. The summed E-state index contributed by atoms with van der Waals surface area (Å²) in [4.78, 5) is 3.52. The molecule has 0 aliphatic rings. The van der Waals surface area contributed by atoms with Crippen molar-refractivity contribution in [2.45, 2.75) is 11.2 Å². The molecule has 0 aliphatic carbocycles. The summed E-state index contributed by atoms with van der Waals surface area (Å²) in [6.45, 7) is 0. The van der Waals surface area contributed by atoms with Gasteiger partial charge in [-0.1, -0.05) is 22.3 Å². The molecule has 0 saturated carbocycles. The van der Waals surface area contributed by atoms with Gasteiger partial charge in [0.05, 0.1) is 10.6 Å². The van der Waals surface area contributed by atoms with Gasteiger partial charge >= 0.3 is 6.18 Å². The van der Waals surface area contributed by atoms with E-state index in [1.54, 1.807) is 0 Å². The molecule has 0 unspecified atom stereocenters. The van der Waals surface area contributed by atoms with Crippen molar-refractivity contribution in [2.24, 2.45) is 0 Å². The van der Waals surface area contributed by atoms with Crippen LogP contribution in [0.25, 0.3) is 0 Å². The summed E-state index contributed by atoms with van der Waals surface area (Å²) in [5.41, 5.74) is -0.925. The molecule has 14 heavy (non-hydrogen) atoms. The highest BCUT2D eigenvalue weighted by Gasteiger charge is 2.34. The largest absolute Gasteiger partial charge is 0.419 e. The third-order valence-electron chi connectivity index (χ3n) is 1.41. The maximum atomic E-state index is 12.4. The van der Waals surface area contributed by atoms with Crippen LogP contribution in [0, 0.1) is 4.78 Å². The minimum absolute atomic E-state index is 0.0773. The number of aromatic nitrogens is 1. The first-order valence-corrected chi connectivity index (χ1v) is 5.43. The first kappa shape index (κ1) is 11.5. The summed E-state index contributed by atoms with van der Waals surface area (Å²) in [5, 5.41) is -0.353. The summed E-state index contributed by atoms with van der Waals surface area (Å²) >= 11 is 5.41. The molecule has 1 heterocycles. The highest BCUT2D eigenvalue weighted by Crippen LogP contribution is 2.33. The number of alkyl halides is 3. The van der Waals surface area contributed by atoms with E-state index in [0.29, 0.717) is 0 Å². The Morgan fingerprint density at radius 2 is 2.07 bits per heavy atom. The Morgan fingerprint density at radius 3 is 2.50 bits per heavy atom. The van der Waals surface area contributed by atoms with Gasteiger partial charge in [-0.05, 0) is 12.3 Å². The second kappa shape index (κ2) is 3.86. The fourth-order valence-electron chi connectivity index (χ4n) is 0.874. The van der Waals surface area contributed by atoms with Gasteiger partial charge in [0.2, 0.25) is 0 Å². The molecule has 0 radical (unpaired) electrons. The van der Waals surface area contributed by atoms with Crippen LogP contribution in [0.15, 0.2) is 17.3 Å². The second-order valence-electron chi connectivity index (χ2n) is 2.51. The lowest BCUT2D eigenvalue weighted by Gasteiger charge is -2.11. The minimum Gasteiger partial charge on any atom is -0.274 e. The lowest BCUT2D eigenvalue weighted by molar-refractivity contribution is -0.140. The molecule has 7 heteroatoms. The molecule has 1 N–H and O–H groups in total. The van der Waals surface area contributed by atoms with Crippen molar-refractivity contribution in [3.63, 3.8) is 0 Å². The Bertz CT molecular complexity index is 378. The third-order valence-corrected chi connectivity index (χ3v) is 2.53. The molecule has 0 spiro atoms. The molecule has 1 atom stereocenters. The van der Waals surface area contributed by atoms with E-state index in [9.17, 15) is 13.2 Å². The van der Waals surface area contributed by atoms with Crippen LogP contribution >= 0.6 is 11.6 Å². The topological polar surface area (TPSA) is 36.7 Å². The fourth-order valence-corrected chi connectivity index (χ4v) is 1.75. The predicted molar refractivity (Wildman–Crippen MR) is 48.5 cm³/mol. The molecule has 1 aromatic heterocycles. The quantitative estimate of drug-likeness (QED) is 0.807. The van der Waals surface area contributed by atoms with Crippen LogP contribution in [-0.2, 0) is 16.9 Å². The Kier molecular flexibility index (Phi) is 3.16. The molecular formula is C7H6ClF3N2S. The number of nitrogens with one attached hydrogen (secondary N) is 1. The summed E-state index contributed by atoms with van der Waals surface area (Å²) in [5.74, 6) is 0. The summed E-state index contributed by atoms with van der Waals surface area (Å²) in [7, 11) is -1.29. The van der Waals surface area contributed by atoms with E-state index >= 15 is 0 Å². The van der Waals surface area contributed by atoms with Gasteiger partial charge in [-0.15, -0.1) is 0 Å². The van der Waals surface area contributed by atoms with Crippen LogP contribution in [0.5, 0.6) is 0 Å². The average Bonchev–Trinajstić information content (AvgIpc) is 2.01. The number of hydrogen-bond donors (Lipinski definition) is 1. The Balaban J connectivity index is 3.38. The van der Waals surface area contributed by atoms with Gasteiger partial charge in [0.25, 0.3) is 0 Å². The van der Waals surface area contributed by atoms with Gasteiger partial charge in [-0.25, -0.2) is 4.98 Å². The molecule has 0 saturated heterocycles. The zero-order valence-electron chi connectivity index (χ0n) is 7.02. The Labute approximate surface area is 86.0 Å². The van der Waals surface area contributed by atoms with Crippen LogP contribution in [-0.4, -0.2) is 11.2 Å². The molecule has 1 rings (SSSR count). The molecular weight excluding hydrogens is 237 g/mol. The van der Waals surface area contributed by atoms with Crippen molar-refractivity contribution >= 4 is 22.3 Å². The van der Waals surface area contributed by atoms with E-state index < -0.39 is 22.4 Å². The summed E-state index contributed by atoms with van der Waals surface area (Å²) in [6, 6.07) is 0.794. The molecule has 0 aromatic carbocycles. The maximum Gasteiger partial charge on any atom is 0.419 e. The Hall–Kier alpha value is -0.620. The van der Waals surface area contributed by atoms with Gasteiger partial charge < -0.3 is 0 Å². The first-order chi connectivity index (χ1) is 6.32. The molecule has 0 aliphatic heterocycles. The Morgan fingerprint density at radius 1 is 1.50 bits per heavy atom. The monoisotopic (exact) mass is 242 g/mol. The van der Waals surface area contributed by atoms with Crippen LogP contribution < -0.4 is 0 Å². The van der Waals surface area contributed by atoms with Crippen LogP contribution in [0.4, 0.5) is 13.2 Å². The number of pyridine rings is 1. The standard InChI is InChI=1S/C7H6ClF3N2S/c1-14(12)6-5(7(9,10)11)2-4(8)3-13-6/h2-3,12H,1H3/t14-/m0/s1. The zero-order chi connectivity index (χ0) is 10.9. The van der Waals surface area contributed by atoms with Crippen LogP contribution in [0.1, 0.15) is 5.56 Å². The molecule has 0 fully saturated rings. The van der Waals surface area contributed by atoms with Crippen molar-refractivity contribution in [3.05, 3.63) is 22.8 Å². The highest BCUT2D eigenvalue weighted by atomic mass is 35.5. The summed E-state index contributed by atoms with van der Waals surface area (Å²) < 4.78 is 44.5. The smallest absolute Gasteiger partial charge is 0.274 e. The van der Waals surface area contributed by atoms with Crippen molar-refractivity contribution in [3.8, 4) is 0 Å². The molecule has 0 bridgehead atoms. The van der Waals surface area contributed by atoms with E-state index in [2.05, 4.69) is 4.98 Å². The van der Waals surface area contributed by atoms with E-state index in [1.807, 2.05) is 0 Å². The number of nitrogens with zero attached hydrogens (tertiary/aromatic N) is 1. The van der Waals surface area contributed by atoms with Gasteiger partial charge in [0.15, 0.2) is 0 Å². The second-order valence-corrected chi connectivity index (χ2v) is 4.36. The van der Waals surface area contributed by atoms with Crippen molar-refractivity contribution in [1.82, 2.24) is 4.98 Å². The van der Waals surface area contributed by atoms with Crippen LogP contribution in [0.2, 0.25) is 5.02 Å². The number of rotatable bonds is 1. The minimum atomic E-state index is -4.50. The third kappa shape index (κ3) is 2.45. The van der Waals surface area contributed by atoms with Crippen molar-refractivity contribution < 1.29 is 13.2 Å². The normalized spacial score (nSPS) is 14.1. The van der Waals surface area contributed by atoms with E-state index in [0.717, 1.165) is 12.3 Å². The molecule has 78 valence electrons. The predicted octanol–water partition coefficient (Wildman–Crippen LogP) is 3.12. The SMILES string of the molecule is C[S@](=N)c1ncc(Cl)cc1C(F)(F)F. The average molecular weight is 243 g/mol. The molecule has 2 nitrogen and oxygen atoms in total. The van der Waals surface area contributed by atoms with E-state index in [4.69, 9.17) is 16.4 Å². The lowest BCUT2D eigenvalue weighted by atomic mass is 10.3. The lowest BCUT2D eigenvalue weighted by Crippen LogP contribution is -2.10. The first-order valence-electron chi connectivity index (χ1n) is 3.42. The highest BCUT2D eigenvalue weighted by molar-refractivity contribution is 7.85. The van der Waals surface area contributed by atoms with Gasteiger partial charge in [-0.3, -0.25) is 4.78 Å². The number of halogens is 4. The molecule has 1 aromatic rings. The van der Waals surface area contributed by atoms with Gasteiger partial charge in [0, 0.05) is 6.20 Å². The number of hydrogen-bond acceptors (Lipinski definition) is 2. The fraction of sp³-hybridized carbons (Fsp3) is 0.286. The van der Waals surface area contributed by atoms with E-state index in [-0.39, 0.29) is 10.0 Å². The summed E-state index contributed by atoms with van der Waals surface area (Å²) in [6.07, 6.45) is -2.04.